The molecule has 148 valence electrons. The third-order valence-electron chi connectivity index (χ3n) is 4.96. The second-order valence-corrected chi connectivity index (χ2v) is 8.13. The van der Waals surface area contributed by atoms with Gasteiger partial charge in [-0.05, 0) is 41.6 Å². The van der Waals surface area contributed by atoms with E-state index in [4.69, 9.17) is 11.6 Å². The lowest BCUT2D eigenvalue weighted by Crippen LogP contribution is -2.41. The Hall–Kier alpha value is -2.83. The fourth-order valence-electron chi connectivity index (χ4n) is 3.54. The molecule has 1 aliphatic rings. The highest BCUT2D eigenvalue weighted by Crippen LogP contribution is 2.36. The number of hydrogen-bond acceptors (Lipinski definition) is 4. The highest BCUT2D eigenvalue weighted by molar-refractivity contribution is 7.10. The molecule has 7 heteroatoms. The molecular formula is C22H20ClN3O2S. The van der Waals surface area contributed by atoms with Crippen LogP contribution in [0.5, 0.6) is 0 Å². The lowest BCUT2D eigenvalue weighted by Gasteiger charge is -2.30. The Kier molecular flexibility index (Phi) is 5.83. The number of amides is 2. The minimum absolute atomic E-state index is 0.0317. The highest BCUT2D eigenvalue weighted by Gasteiger charge is 2.28. The summed E-state index contributed by atoms with van der Waals surface area (Å²) in [5, 5.41) is 7.76. The molecule has 5 nitrogen and oxygen atoms in total. The summed E-state index contributed by atoms with van der Waals surface area (Å²) >= 11 is 7.70. The third-order valence-corrected chi connectivity index (χ3v) is 6.26. The average molecular weight is 426 g/mol. The van der Waals surface area contributed by atoms with Crippen LogP contribution in [0.4, 0.5) is 11.4 Å². The average Bonchev–Trinajstić information content (AvgIpc) is 3.40. The number of benzene rings is 2. The molecule has 0 bridgehead atoms. The quantitative estimate of drug-likeness (QED) is 0.600. The summed E-state index contributed by atoms with van der Waals surface area (Å²) in [7, 11) is 0. The largest absolute Gasteiger partial charge is 0.361 e. The SMILES string of the molecule is O=C(NC[C@@H](c1cccs1)N1CCc2ccccc21)C(=O)Nc1ccccc1Cl. The summed E-state index contributed by atoms with van der Waals surface area (Å²) in [5.41, 5.74) is 2.90. The first-order valence-corrected chi connectivity index (χ1v) is 10.6. The van der Waals surface area contributed by atoms with Gasteiger partial charge in [0.25, 0.3) is 0 Å². The van der Waals surface area contributed by atoms with E-state index >= 15 is 0 Å². The van der Waals surface area contributed by atoms with Crippen LogP contribution in [0.1, 0.15) is 16.5 Å². The molecule has 2 N–H and O–H groups in total. The van der Waals surface area contributed by atoms with Crippen molar-refractivity contribution in [2.75, 3.05) is 23.3 Å². The Balaban J connectivity index is 1.46. The topological polar surface area (TPSA) is 61.4 Å². The molecular weight excluding hydrogens is 406 g/mol. The fraction of sp³-hybridized carbons (Fsp3) is 0.182. The van der Waals surface area contributed by atoms with Crippen LogP contribution in [0.3, 0.4) is 0 Å². The van der Waals surface area contributed by atoms with Crippen molar-refractivity contribution in [3.63, 3.8) is 0 Å². The number of thiophene rings is 1. The van der Waals surface area contributed by atoms with Crippen molar-refractivity contribution in [2.45, 2.75) is 12.5 Å². The Bertz CT molecular complexity index is 1020. The van der Waals surface area contributed by atoms with Crippen LogP contribution in [0.25, 0.3) is 0 Å². The van der Waals surface area contributed by atoms with E-state index < -0.39 is 11.8 Å². The number of carbonyl (C=O) groups is 2. The fourth-order valence-corrected chi connectivity index (χ4v) is 4.57. The van der Waals surface area contributed by atoms with E-state index in [9.17, 15) is 9.59 Å². The van der Waals surface area contributed by atoms with E-state index in [0.717, 1.165) is 17.8 Å². The summed E-state index contributed by atoms with van der Waals surface area (Å²) in [6.07, 6.45) is 0.971. The summed E-state index contributed by atoms with van der Waals surface area (Å²) < 4.78 is 0. The molecule has 2 amide bonds. The van der Waals surface area contributed by atoms with Gasteiger partial charge in [-0.1, -0.05) is 48.0 Å². The van der Waals surface area contributed by atoms with Gasteiger partial charge in [-0.25, -0.2) is 0 Å². The first-order valence-electron chi connectivity index (χ1n) is 9.35. The second-order valence-electron chi connectivity index (χ2n) is 6.75. The molecule has 4 rings (SSSR count). The molecule has 0 saturated carbocycles. The normalized spacial score (nSPS) is 13.6. The van der Waals surface area contributed by atoms with Gasteiger partial charge in [0.15, 0.2) is 0 Å². The van der Waals surface area contributed by atoms with E-state index in [0.29, 0.717) is 17.3 Å². The predicted octanol–water partition coefficient (Wildman–Crippen LogP) is 4.26. The Labute approximate surface area is 178 Å². The number of fused-ring (bicyclic) bond motifs is 1. The van der Waals surface area contributed by atoms with Gasteiger partial charge >= 0.3 is 11.8 Å². The van der Waals surface area contributed by atoms with Gasteiger partial charge in [0.1, 0.15) is 0 Å². The van der Waals surface area contributed by atoms with Crippen molar-refractivity contribution in [1.29, 1.82) is 0 Å². The Morgan fingerprint density at radius 3 is 2.62 bits per heavy atom. The van der Waals surface area contributed by atoms with Crippen LogP contribution in [-0.4, -0.2) is 24.9 Å². The standard InChI is InChI=1S/C22H20ClN3O2S/c23-16-7-2-3-8-17(16)25-22(28)21(27)24-14-19(20-10-5-13-29-20)26-12-11-15-6-1-4-9-18(15)26/h1-10,13,19H,11-12,14H2,(H,24,27)(H,25,28)/t19-/m0/s1. The molecule has 1 aromatic heterocycles. The van der Waals surface area contributed by atoms with Crippen molar-refractivity contribution in [3.8, 4) is 0 Å². The number of hydrogen-bond donors (Lipinski definition) is 2. The monoisotopic (exact) mass is 425 g/mol. The lowest BCUT2D eigenvalue weighted by atomic mass is 10.1. The maximum Gasteiger partial charge on any atom is 0.313 e. The number of nitrogens with one attached hydrogen (secondary N) is 2. The van der Waals surface area contributed by atoms with Crippen LogP contribution in [-0.2, 0) is 16.0 Å². The van der Waals surface area contributed by atoms with Gasteiger partial charge in [-0.3, -0.25) is 9.59 Å². The first kappa shape index (κ1) is 19.5. The zero-order valence-electron chi connectivity index (χ0n) is 15.6. The minimum Gasteiger partial charge on any atom is -0.361 e. The van der Waals surface area contributed by atoms with Gasteiger partial charge in [0, 0.05) is 23.7 Å². The molecule has 0 unspecified atom stereocenters. The Morgan fingerprint density at radius 1 is 1.03 bits per heavy atom. The third kappa shape index (κ3) is 4.28. The summed E-state index contributed by atoms with van der Waals surface area (Å²) in [6.45, 7) is 1.22. The number of anilines is 2. The minimum atomic E-state index is -0.732. The van der Waals surface area contributed by atoms with E-state index in [1.807, 2.05) is 23.6 Å². The highest BCUT2D eigenvalue weighted by atomic mass is 35.5. The molecule has 1 aliphatic heterocycles. The smallest absolute Gasteiger partial charge is 0.313 e. The van der Waals surface area contributed by atoms with Gasteiger partial charge in [0.2, 0.25) is 0 Å². The van der Waals surface area contributed by atoms with Crippen molar-refractivity contribution < 1.29 is 9.59 Å². The molecule has 1 atom stereocenters. The molecule has 0 spiro atoms. The lowest BCUT2D eigenvalue weighted by molar-refractivity contribution is -0.136. The van der Waals surface area contributed by atoms with Crippen LogP contribution in [0.2, 0.25) is 5.02 Å². The second kappa shape index (κ2) is 8.68. The predicted molar refractivity (Wildman–Crippen MR) is 118 cm³/mol. The van der Waals surface area contributed by atoms with Crippen LogP contribution in [0, 0.1) is 0 Å². The maximum absolute atomic E-state index is 12.4. The zero-order valence-corrected chi connectivity index (χ0v) is 17.2. The van der Waals surface area contributed by atoms with Crippen molar-refractivity contribution in [1.82, 2.24) is 5.32 Å². The summed E-state index contributed by atoms with van der Waals surface area (Å²) in [4.78, 5) is 28.1. The zero-order chi connectivity index (χ0) is 20.2. The van der Waals surface area contributed by atoms with Gasteiger partial charge in [-0.2, -0.15) is 0 Å². The maximum atomic E-state index is 12.4. The van der Waals surface area contributed by atoms with Gasteiger partial charge in [0.05, 0.1) is 16.8 Å². The summed E-state index contributed by atoms with van der Waals surface area (Å²) in [6, 6.07) is 19.2. The number of nitrogens with zero attached hydrogens (tertiary/aromatic N) is 1. The van der Waals surface area contributed by atoms with E-state index in [1.165, 1.54) is 11.3 Å². The molecule has 2 heterocycles. The van der Waals surface area contributed by atoms with Crippen molar-refractivity contribution >= 4 is 46.1 Å². The van der Waals surface area contributed by atoms with Crippen LogP contribution < -0.4 is 15.5 Å². The molecule has 2 aromatic carbocycles. The van der Waals surface area contributed by atoms with Gasteiger partial charge < -0.3 is 15.5 Å². The Morgan fingerprint density at radius 2 is 1.83 bits per heavy atom. The molecule has 3 aromatic rings. The number of halogens is 1. The van der Waals surface area contributed by atoms with E-state index in [-0.39, 0.29) is 6.04 Å². The van der Waals surface area contributed by atoms with Gasteiger partial charge in [-0.15, -0.1) is 11.3 Å². The molecule has 0 aliphatic carbocycles. The first-order chi connectivity index (χ1) is 14.1. The van der Waals surface area contributed by atoms with Crippen molar-refractivity contribution in [2.24, 2.45) is 0 Å². The summed E-state index contributed by atoms with van der Waals surface area (Å²) in [5.74, 6) is -1.41. The van der Waals surface area contributed by atoms with Crippen LogP contribution >= 0.6 is 22.9 Å². The molecule has 0 fully saturated rings. The van der Waals surface area contributed by atoms with E-state index in [1.54, 1.807) is 35.6 Å². The molecule has 29 heavy (non-hydrogen) atoms. The molecule has 0 radical (unpaired) electrons. The van der Waals surface area contributed by atoms with E-state index in [2.05, 4.69) is 33.7 Å². The number of para-hydroxylation sites is 2. The number of carbonyl (C=O) groups excluding carboxylic acids is 2. The number of rotatable bonds is 5. The van der Waals surface area contributed by atoms with Crippen LogP contribution in [0.15, 0.2) is 66.0 Å². The molecule has 0 saturated heterocycles. The van der Waals surface area contributed by atoms with Crippen molar-refractivity contribution in [3.05, 3.63) is 81.5 Å².